The van der Waals surface area contributed by atoms with Crippen LogP contribution in [0.15, 0.2) is 0 Å². The van der Waals surface area contributed by atoms with E-state index in [4.69, 9.17) is 4.74 Å². The first-order valence-corrected chi connectivity index (χ1v) is 6.28. The van der Waals surface area contributed by atoms with Crippen LogP contribution in [0.1, 0.15) is 0 Å². The molecule has 0 aromatic carbocycles. The number of nitrogens with zero attached hydrogens (tertiary/aromatic N) is 3. The molecule has 0 unspecified atom stereocenters. The molecule has 18 heavy (non-hydrogen) atoms. The van der Waals surface area contributed by atoms with Crippen LogP contribution in [0.3, 0.4) is 0 Å². The third-order valence-corrected chi connectivity index (χ3v) is 2.50. The first-order chi connectivity index (χ1) is 8.47. The standard InChI is InChI=1S/C12H28N4O2/c1-14(2)7-9-16(10-8-15(3)4)12(17)13-6-11-18-5/h6-11H2,1-5H3,(H,13,17). The summed E-state index contributed by atoms with van der Waals surface area (Å²) in [4.78, 5) is 18.0. The molecule has 0 heterocycles. The molecule has 0 aromatic heterocycles. The van der Waals surface area contributed by atoms with E-state index in [0.717, 1.165) is 26.2 Å². The Balaban J connectivity index is 4.11. The van der Waals surface area contributed by atoms with Gasteiger partial charge in [-0.1, -0.05) is 0 Å². The Morgan fingerprint density at radius 3 is 1.89 bits per heavy atom. The topological polar surface area (TPSA) is 48.1 Å². The van der Waals surface area contributed by atoms with E-state index in [1.165, 1.54) is 0 Å². The molecule has 0 aromatic rings. The minimum Gasteiger partial charge on any atom is -0.383 e. The van der Waals surface area contributed by atoms with Gasteiger partial charge in [-0.3, -0.25) is 0 Å². The maximum Gasteiger partial charge on any atom is 0.317 e. The second-order valence-electron chi connectivity index (χ2n) is 4.82. The molecular formula is C12H28N4O2. The molecule has 1 N–H and O–H groups in total. The Kier molecular flexibility index (Phi) is 9.63. The van der Waals surface area contributed by atoms with Crippen LogP contribution in [-0.2, 0) is 4.74 Å². The molecule has 0 aliphatic rings. The molecule has 0 aliphatic carbocycles. The van der Waals surface area contributed by atoms with Crippen LogP contribution in [0.2, 0.25) is 0 Å². The van der Waals surface area contributed by atoms with Crippen LogP contribution in [0.25, 0.3) is 0 Å². The van der Waals surface area contributed by atoms with E-state index < -0.39 is 0 Å². The second-order valence-corrected chi connectivity index (χ2v) is 4.82. The zero-order chi connectivity index (χ0) is 14.0. The van der Waals surface area contributed by atoms with Gasteiger partial charge in [0.2, 0.25) is 0 Å². The van der Waals surface area contributed by atoms with Crippen LogP contribution in [-0.4, -0.2) is 95.4 Å². The Hall–Kier alpha value is -0.850. The van der Waals surface area contributed by atoms with E-state index in [2.05, 4.69) is 15.1 Å². The number of likely N-dealkylation sites (N-methyl/N-ethyl adjacent to an activating group) is 2. The van der Waals surface area contributed by atoms with Crippen LogP contribution in [0, 0.1) is 0 Å². The molecule has 0 bridgehead atoms. The molecule has 0 fully saturated rings. The van der Waals surface area contributed by atoms with Crippen LogP contribution in [0.4, 0.5) is 4.79 Å². The van der Waals surface area contributed by atoms with Crippen molar-refractivity contribution in [3.8, 4) is 0 Å². The van der Waals surface area contributed by atoms with Gasteiger partial charge in [-0.15, -0.1) is 0 Å². The molecule has 2 amide bonds. The lowest BCUT2D eigenvalue weighted by molar-refractivity contribution is 0.172. The van der Waals surface area contributed by atoms with Gasteiger partial charge in [0.25, 0.3) is 0 Å². The molecule has 0 spiro atoms. The van der Waals surface area contributed by atoms with Crippen LogP contribution in [0.5, 0.6) is 0 Å². The van der Waals surface area contributed by atoms with Gasteiger partial charge in [0.05, 0.1) is 6.61 Å². The lowest BCUT2D eigenvalue weighted by Gasteiger charge is -2.26. The number of urea groups is 1. The molecule has 6 heteroatoms. The van der Waals surface area contributed by atoms with Gasteiger partial charge in [0, 0.05) is 39.8 Å². The summed E-state index contributed by atoms with van der Waals surface area (Å²) < 4.78 is 4.92. The highest BCUT2D eigenvalue weighted by Gasteiger charge is 2.12. The predicted octanol–water partition coefficient (Wildman–Crippen LogP) is -0.232. The van der Waals surface area contributed by atoms with E-state index in [-0.39, 0.29) is 6.03 Å². The number of ether oxygens (including phenoxy) is 1. The zero-order valence-corrected chi connectivity index (χ0v) is 12.4. The van der Waals surface area contributed by atoms with Crippen LogP contribution >= 0.6 is 0 Å². The first kappa shape index (κ1) is 17.2. The van der Waals surface area contributed by atoms with Gasteiger partial charge in [-0.25, -0.2) is 4.79 Å². The fraction of sp³-hybridized carbons (Fsp3) is 0.917. The lowest BCUT2D eigenvalue weighted by Crippen LogP contribution is -2.46. The van der Waals surface area contributed by atoms with E-state index in [9.17, 15) is 4.79 Å². The highest BCUT2D eigenvalue weighted by molar-refractivity contribution is 5.74. The summed E-state index contributed by atoms with van der Waals surface area (Å²) in [5, 5.41) is 2.86. The van der Waals surface area contributed by atoms with E-state index in [1.807, 2.05) is 33.1 Å². The number of amides is 2. The van der Waals surface area contributed by atoms with Gasteiger partial charge < -0.3 is 24.8 Å². The molecule has 108 valence electrons. The van der Waals surface area contributed by atoms with Crippen molar-refractivity contribution < 1.29 is 9.53 Å². The molecule has 0 rings (SSSR count). The van der Waals surface area contributed by atoms with Gasteiger partial charge in [-0.05, 0) is 28.2 Å². The van der Waals surface area contributed by atoms with Crippen molar-refractivity contribution in [2.24, 2.45) is 0 Å². The second kappa shape index (κ2) is 10.1. The fourth-order valence-electron chi connectivity index (χ4n) is 1.33. The minimum atomic E-state index is -0.0178. The monoisotopic (exact) mass is 260 g/mol. The Bertz CT molecular complexity index is 210. The third kappa shape index (κ3) is 9.21. The summed E-state index contributed by atoms with van der Waals surface area (Å²) in [6, 6.07) is -0.0178. The molecule has 0 aliphatic heterocycles. The molecule has 6 nitrogen and oxygen atoms in total. The van der Waals surface area contributed by atoms with Crippen molar-refractivity contribution >= 4 is 6.03 Å². The number of methoxy groups -OCH3 is 1. The maximum atomic E-state index is 12.0. The molecular weight excluding hydrogens is 232 g/mol. The van der Waals surface area contributed by atoms with Crippen LogP contribution < -0.4 is 5.32 Å². The van der Waals surface area contributed by atoms with E-state index >= 15 is 0 Å². The summed E-state index contributed by atoms with van der Waals surface area (Å²) in [7, 11) is 9.65. The molecule has 0 radical (unpaired) electrons. The number of carbonyl (C=O) groups is 1. The van der Waals surface area contributed by atoms with Crippen molar-refractivity contribution in [3.63, 3.8) is 0 Å². The SMILES string of the molecule is COCCNC(=O)N(CCN(C)C)CCN(C)C. The molecule has 0 saturated heterocycles. The normalized spacial score (nSPS) is 11.1. The smallest absolute Gasteiger partial charge is 0.317 e. The fourth-order valence-corrected chi connectivity index (χ4v) is 1.33. The Morgan fingerprint density at radius 2 is 1.50 bits per heavy atom. The zero-order valence-electron chi connectivity index (χ0n) is 12.4. The van der Waals surface area contributed by atoms with Crippen molar-refractivity contribution in [2.75, 3.05) is 74.6 Å². The number of rotatable bonds is 9. The van der Waals surface area contributed by atoms with Gasteiger partial charge in [0.15, 0.2) is 0 Å². The number of hydrogen-bond acceptors (Lipinski definition) is 4. The van der Waals surface area contributed by atoms with Gasteiger partial charge in [-0.2, -0.15) is 0 Å². The number of nitrogens with one attached hydrogen (secondary N) is 1. The van der Waals surface area contributed by atoms with Crippen molar-refractivity contribution in [3.05, 3.63) is 0 Å². The third-order valence-electron chi connectivity index (χ3n) is 2.50. The van der Waals surface area contributed by atoms with Crippen molar-refractivity contribution in [1.82, 2.24) is 20.0 Å². The summed E-state index contributed by atoms with van der Waals surface area (Å²) in [6.45, 7) is 4.30. The Morgan fingerprint density at radius 1 is 1.00 bits per heavy atom. The summed E-state index contributed by atoms with van der Waals surface area (Å²) in [5.74, 6) is 0. The summed E-state index contributed by atoms with van der Waals surface area (Å²) in [6.07, 6.45) is 0. The molecule has 0 saturated carbocycles. The Labute approximate surface area is 111 Å². The minimum absolute atomic E-state index is 0.0178. The van der Waals surface area contributed by atoms with Gasteiger partial charge >= 0.3 is 6.03 Å². The average Bonchev–Trinajstić information content (AvgIpc) is 2.28. The highest BCUT2D eigenvalue weighted by atomic mass is 16.5. The number of carbonyl (C=O) groups excluding carboxylic acids is 1. The number of hydrogen-bond donors (Lipinski definition) is 1. The quantitative estimate of drug-likeness (QED) is 0.582. The largest absolute Gasteiger partial charge is 0.383 e. The molecule has 0 atom stereocenters. The average molecular weight is 260 g/mol. The van der Waals surface area contributed by atoms with Crippen molar-refractivity contribution in [1.29, 1.82) is 0 Å². The van der Waals surface area contributed by atoms with E-state index in [0.29, 0.717) is 13.2 Å². The predicted molar refractivity (Wildman–Crippen MR) is 74.0 cm³/mol. The maximum absolute atomic E-state index is 12.0. The highest BCUT2D eigenvalue weighted by Crippen LogP contribution is 1.92. The lowest BCUT2D eigenvalue weighted by atomic mass is 10.4. The summed E-state index contributed by atoms with van der Waals surface area (Å²) >= 11 is 0. The first-order valence-electron chi connectivity index (χ1n) is 6.28. The van der Waals surface area contributed by atoms with E-state index in [1.54, 1.807) is 7.11 Å². The van der Waals surface area contributed by atoms with Gasteiger partial charge in [0.1, 0.15) is 0 Å². The van der Waals surface area contributed by atoms with Crippen molar-refractivity contribution in [2.45, 2.75) is 0 Å². The summed E-state index contributed by atoms with van der Waals surface area (Å²) in [5.41, 5.74) is 0.